The van der Waals surface area contributed by atoms with Crippen LogP contribution in [0.1, 0.15) is 41.9 Å². The van der Waals surface area contributed by atoms with Crippen molar-refractivity contribution in [1.29, 1.82) is 0 Å². The Bertz CT molecular complexity index is 619. The summed E-state index contributed by atoms with van der Waals surface area (Å²) in [5.74, 6) is -1.61. The maximum Gasteiger partial charge on any atom is 0.305 e. The average molecular weight is 295 g/mol. The molecule has 1 aromatic heterocycles. The number of rotatable bonds is 5. The molecule has 0 fully saturated rings. The second-order valence-electron chi connectivity index (χ2n) is 5.44. The van der Waals surface area contributed by atoms with Crippen LogP contribution in [0.2, 0.25) is 0 Å². The van der Waals surface area contributed by atoms with E-state index in [4.69, 9.17) is 5.11 Å². The first-order valence-electron chi connectivity index (χ1n) is 6.72. The molecular weight excluding hydrogens is 274 g/mol. The lowest BCUT2D eigenvalue weighted by Crippen LogP contribution is -2.43. The number of carbonyl (C=O) groups is 2. The molecule has 0 saturated heterocycles. The molecule has 7 nitrogen and oxygen atoms in total. The quantitative estimate of drug-likeness (QED) is 0.829. The smallest absolute Gasteiger partial charge is 0.305 e. The molecule has 0 aliphatic rings. The highest BCUT2D eigenvalue weighted by Crippen LogP contribution is 2.10. The number of amides is 1. The highest BCUT2D eigenvalue weighted by Gasteiger charge is 2.24. The van der Waals surface area contributed by atoms with Crippen LogP contribution < -0.4 is 10.9 Å². The number of carboxylic acid groups (broad SMARTS) is 1. The fourth-order valence-corrected chi connectivity index (χ4v) is 2.00. The molecule has 0 bridgehead atoms. The van der Waals surface area contributed by atoms with E-state index in [0.29, 0.717) is 11.3 Å². The molecule has 1 unspecified atom stereocenters. The van der Waals surface area contributed by atoms with Gasteiger partial charge in [-0.3, -0.25) is 14.4 Å². The number of aliphatic carboxylic acids is 1. The zero-order chi connectivity index (χ0) is 16.3. The number of hydrogen-bond acceptors (Lipinski definition) is 4. The van der Waals surface area contributed by atoms with Crippen molar-refractivity contribution in [3.05, 3.63) is 27.2 Å². The van der Waals surface area contributed by atoms with E-state index < -0.39 is 23.5 Å². The summed E-state index contributed by atoms with van der Waals surface area (Å²) in [4.78, 5) is 35.3. The SMILES string of the molecule is Cc1nn(C)c(=O)c(C(=O)NC(CC(=O)O)C(C)C)c1C. The lowest BCUT2D eigenvalue weighted by molar-refractivity contribution is -0.137. The van der Waals surface area contributed by atoms with Crippen molar-refractivity contribution >= 4 is 11.9 Å². The second kappa shape index (κ2) is 6.51. The maximum atomic E-state index is 12.3. The minimum atomic E-state index is -0.996. The normalized spacial score (nSPS) is 12.3. The van der Waals surface area contributed by atoms with E-state index >= 15 is 0 Å². The highest BCUT2D eigenvalue weighted by molar-refractivity contribution is 5.95. The summed E-state index contributed by atoms with van der Waals surface area (Å²) in [6, 6.07) is -0.535. The van der Waals surface area contributed by atoms with E-state index in [2.05, 4.69) is 10.4 Å². The van der Waals surface area contributed by atoms with E-state index in [9.17, 15) is 14.4 Å². The molecule has 0 aromatic carbocycles. The number of nitrogens with one attached hydrogen (secondary N) is 1. The molecule has 7 heteroatoms. The molecule has 1 aromatic rings. The van der Waals surface area contributed by atoms with Gasteiger partial charge in [0.05, 0.1) is 12.1 Å². The monoisotopic (exact) mass is 295 g/mol. The van der Waals surface area contributed by atoms with Crippen LogP contribution in [-0.4, -0.2) is 32.8 Å². The molecule has 1 heterocycles. The van der Waals surface area contributed by atoms with Gasteiger partial charge in [0, 0.05) is 13.1 Å². The van der Waals surface area contributed by atoms with Gasteiger partial charge in [0.25, 0.3) is 11.5 Å². The molecule has 0 radical (unpaired) electrons. The Kier molecular flexibility index (Phi) is 5.23. The second-order valence-corrected chi connectivity index (χ2v) is 5.44. The Morgan fingerprint density at radius 1 is 1.33 bits per heavy atom. The van der Waals surface area contributed by atoms with E-state index in [0.717, 1.165) is 4.68 Å². The standard InChI is InChI=1S/C14H21N3O4/c1-7(2)10(6-11(18)19)15-13(20)12-8(3)9(4)16-17(5)14(12)21/h7,10H,6H2,1-5H3,(H,15,20)(H,18,19). The number of hydrogen-bond donors (Lipinski definition) is 2. The molecule has 116 valence electrons. The number of nitrogens with zero attached hydrogens (tertiary/aromatic N) is 2. The van der Waals surface area contributed by atoms with Gasteiger partial charge in [0.2, 0.25) is 0 Å². The summed E-state index contributed by atoms with van der Waals surface area (Å²) >= 11 is 0. The third-order valence-electron chi connectivity index (χ3n) is 3.47. The van der Waals surface area contributed by atoms with Gasteiger partial charge < -0.3 is 10.4 Å². The predicted molar refractivity (Wildman–Crippen MR) is 77.3 cm³/mol. The van der Waals surface area contributed by atoms with Crippen LogP contribution in [0.4, 0.5) is 0 Å². The lowest BCUT2D eigenvalue weighted by Gasteiger charge is -2.21. The van der Waals surface area contributed by atoms with Crippen LogP contribution in [0.5, 0.6) is 0 Å². The van der Waals surface area contributed by atoms with Crippen LogP contribution in [0.25, 0.3) is 0 Å². The van der Waals surface area contributed by atoms with Gasteiger partial charge in [0.1, 0.15) is 5.56 Å². The molecule has 21 heavy (non-hydrogen) atoms. The Balaban J connectivity index is 3.15. The Morgan fingerprint density at radius 2 is 1.90 bits per heavy atom. The third-order valence-corrected chi connectivity index (χ3v) is 3.47. The molecule has 2 N–H and O–H groups in total. The van der Waals surface area contributed by atoms with Gasteiger partial charge in [0.15, 0.2) is 0 Å². The van der Waals surface area contributed by atoms with Crippen molar-refractivity contribution in [3.63, 3.8) is 0 Å². The fourth-order valence-electron chi connectivity index (χ4n) is 2.00. The zero-order valence-corrected chi connectivity index (χ0v) is 12.9. The molecule has 1 amide bonds. The first-order chi connectivity index (χ1) is 9.65. The Hall–Kier alpha value is -2.18. The van der Waals surface area contributed by atoms with Crippen molar-refractivity contribution in [3.8, 4) is 0 Å². The van der Waals surface area contributed by atoms with E-state index in [1.165, 1.54) is 7.05 Å². The number of carbonyl (C=O) groups excluding carboxylic acids is 1. The van der Waals surface area contributed by atoms with Crippen LogP contribution in [0, 0.1) is 19.8 Å². The fraction of sp³-hybridized carbons (Fsp3) is 0.571. The minimum absolute atomic E-state index is 0.0149. The van der Waals surface area contributed by atoms with Crippen molar-refractivity contribution in [1.82, 2.24) is 15.1 Å². The van der Waals surface area contributed by atoms with Gasteiger partial charge in [-0.25, -0.2) is 4.68 Å². The third kappa shape index (κ3) is 3.90. The molecule has 1 rings (SSSR count). The summed E-state index contributed by atoms with van der Waals surface area (Å²) in [5.41, 5.74) is 0.615. The first-order valence-corrected chi connectivity index (χ1v) is 6.72. The largest absolute Gasteiger partial charge is 0.481 e. The van der Waals surface area contributed by atoms with Crippen LogP contribution in [-0.2, 0) is 11.8 Å². The molecular formula is C14H21N3O4. The summed E-state index contributed by atoms with van der Waals surface area (Å²) in [7, 11) is 1.47. The van der Waals surface area contributed by atoms with Gasteiger partial charge in [-0.2, -0.15) is 5.10 Å². The van der Waals surface area contributed by atoms with Gasteiger partial charge in [-0.15, -0.1) is 0 Å². The van der Waals surface area contributed by atoms with Crippen LogP contribution in [0.15, 0.2) is 4.79 Å². The average Bonchev–Trinajstić information content (AvgIpc) is 2.35. The van der Waals surface area contributed by atoms with E-state index in [-0.39, 0.29) is 17.9 Å². The molecule has 0 aliphatic heterocycles. The topological polar surface area (TPSA) is 101 Å². The first kappa shape index (κ1) is 16.9. The Labute approximate surface area is 123 Å². The van der Waals surface area contributed by atoms with Crippen molar-refractivity contribution in [2.45, 2.75) is 40.2 Å². The summed E-state index contributed by atoms with van der Waals surface area (Å²) in [6.07, 6.45) is -0.188. The van der Waals surface area contributed by atoms with Crippen LogP contribution >= 0.6 is 0 Å². The van der Waals surface area contributed by atoms with Gasteiger partial charge >= 0.3 is 5.97 Å². The lowest BCUT2D eigenvalue weighted by atomic mass is 10.00. The number of carboxylic acids is 1. The van der Waals surface area contributed by atoms with Crippen molar-refractivity contribution in [2.75, 3.05) is 0 Å². The molecule has 0 saturated carbocycles. The summed E-state index contributed by atoms with van der Waals surface area (Å²) in [5, 5.41) is 15.5. The number of aryl methyl sites for hydroxylation is 2. The molecule has 0 aliphatic carbocycles. The van der Waals surface area contributed by atoms with Crippen LogP contribution in [0.3, 0.4) is 0 Å². The number of aromatic nitrogens is 2. The minimum Gasteiger partial charge on any atom is -0.481 e. The highest BCUT2D eigenvalue weighted by atomic mass is 16.4. The van der Waals surface area contributed by atoms with Crippen molar-refractivity contribution in [2.24, 2.45) is 13.0 Å². The summed E-state index contributed by atoms with van der Waals surface area (Å²) < 4.78 is 1.11. The maximum absolute atomic E-state index is 12.3. The molecule has 0 spiro atoms. The van der Waals surface area contributed by atoms with Gasteiger partial charge in [-0.1, -0.05) is 13.8 Å². The van der Waals surface area contributed by atoms with Gasteiger partial charge in [-0.05, 0) is 25.3 Å². The van der Waals surface area contributed by atoms with E-state index in [1.807, 2.05) is 13.8 Å². The Morgan fingerprint density at radius 3 is 2.38 bits per heavy atom. The van der Waals surface area contributed by atoms with E-state index in [1.54, 1.807) is 13.8 Å². The predicted octanol–water partition coefficient (Wildman–Crippen LogP) is 0.626. The zero-order valence-electron chi connectivity index (χ0n) is 12.9. The summed E-state index contributed by atoms with van der Waals surface area (Å²) in [6.45, 7) is 7.00. The molecule has 1 atom stereocenters. The van der Waals surface area contributed by atoms with Crippen molar-refractivity contribution < 1.29 is 14.7 Å².